The zero-order valence-corrected chi connectivity index (χ0v) is 17.8. The SMILES string of the molecule is CCOC(=O)N1CCC(N2C(=O)C(=O)/C(=C(/O)c3ccccc3)C2c2cccnc2)CC1. The Bertz CT molecular complexity index is 1030. The first-order valence-corrected chi connectivity index (χ1v) is 10.7. The minimum Gasteiger partial charge on any atom is -0.507 e. The van der Waals surface area contributed by atoms with E-state index in [0.29, 0.717) is 43.7 Å². The molecule has 1 aromatic heterocycles. The Morgan fingerprint density at radius 1 is 1.12 bits per heavy atom. The molecule has 1 unspecified atom stereocenters. The molecule has 0 radical (unpaired) electrons. The van der Waals surface area contributed by atoms with Crippen LogP contribution in [0.1, 0.15) is 36.9 Å². The Labute approximate surface area is 186 Å². The monoisotopic (exact) mass is 435 g/mol. The number of nitrogens with zero attached hydrogens (tertiary/aromatic N) is 3. The van der Waals surface area contributed by atoms with E-state index in [1.54, 1.807) is 65.5 Å². The van der Waals surface area contributed by atoms with Crippen molar-refractivity contribution in [1.29, 1.82) is 0 Å². The molecular weight excluding hydrogens is 410 g/mol. The number of hydrogen-bond acceptors (Lipinski definition) is 6. The third kappa shape index (κ3) is 3.95. The average Bonchev–Trinajstić information content (AvgIpc) is 3.10. The summed E-state index contributed by atoms with van der Waals surface area (Å²) in [5.41, 5.74) is 1.18. The lowest BCUT2D eigenvalue weighted by atomic mass is 9.94. The largest absolute Gasteiger partial charge is 0.507 e. The van der Waals surface area contributed by atoms with Crippen LogP contribution in [0.15, 0.2) is 60.4 Å². The normalized spacial score (nSPS) is 21.1. The molecule has 4 rings (SSSR count). The Hall–Kier alpha value is -3.68. The fourth-order valence-corrected chi connectivity index (χ4v) is 4.38. The van der Waals surface area contributed by atoms with Gasteiger partial charge in [-0.2, -0.15) is 0 Å². The second-order valence-corrected chi connectivity index (χ2v) is 7.78. The van der Waals surface area contributed by atoms with E-state index in [1.165, 1.54) is 0 Å². The van der Waals surface area contributed by atoms with Crippen LogP contribution in [0.4, 0.5) is 4.79 Å². The van der Waals surface area contributed by atoms with E-state index in [9.17, 15) is 19.5 Å². The van der Waals surface area contributed by atoms with Crippen molar-refractivity contribution in [2.45, 2.75) is 31.8 Å². The highest BCUT2D eigenvalue weighted by molar-refractivity contribution is 6.46. The molecule has 1 atom stereocenters. The number of carbonyl (C=O) groups excluding carboxylic acids is 3. The first-order valence-electron chi connectivity index (χ1n) is 10.7. The second-order valence-electron chi connectivity index (χ2n) is 7.78. The molecule has 32 heavy (non-hydrogen) atoms. The number of benzene rings is 1. The van der Waals surface area contributed by atoms with Crippen molar-refractivity contribution in [2.24, 2.45) is 0 Å². The number of pyridine rings is 1. The molecule has 0 spiro atoms. The summed E-state index contributed by atoms with van der Waals surface area (Å²) in [5.74, 6) is -1.57. The van der Waals surface area contributed by atoms with Crippen molar-refractivity contribution >= 4 is 23.5 Å². The number of likely N-dealkylation sites (tertiary alicyclic amines) is 2. The van der Waals surface area contributed by atoms with E-state index in [0.717, 1.165) is 0 Å². The zero-order chi connectivity index (χ0) is 22.7. The van der Waals surface area contributed by atoms with Gasteiger partial charge in [-0.3, -0.25) is 14.6 Å². The second kappa shape index (κ2) is 9.21. The van der Waals surface area contributed by atoms with Gasteiger partial charge in [0.1, 0.15) is 5.76 Å². The topological polar surface area (TPSA) is 100 Å². The minimum atomic E-state index is -0.747. The van der Waals surface area contributed by atoms with Crippen LogP contribution in [0.5, 0.6) is 0 Å². The maximum atomic E-state index is 13.2. The highest BCUT2D eigenvalue weighted by Crippen LogP contribution is 2.41. The van der Waals surface area contributed by atoms with Gasteiger partial charge in [-0.15, -0.1) is 0 Å². The number of aliphatic hydroxyl groups excluding tert-OH is 1. The number of hydrogen-bond donors (Lipinski definition) is 1. The Balaban J connectivity index is 1.70. The number of aromatic nitrogens is 1. The standard InChI is InChI=1S/C24H25N3O5/c1-2-32-24(31)26-13-10-18(11-14-26)27-20(17-9-6-12-25-15-17)19(22(29)23(27)30)21(28)16-7-4-3-5-8-16/h3-9,12,15,18,20,28H,2,10-11,13-14H2,1H3/b21-19+. The Morgan fingerprint density at radius 3 is 2.47 bits per heavy atom. The number of piperidine rings is 1. The molecule has 0 saturated carbocycles. The van der Waals surface area contributed by atoms with Crippen LogP contribution in [0.2, 0.25) is 0 Å². The summed E-state index contributed by atoms with van der Waals surface area (Å²) in [6, 6.07) is 11.2. The van der Waals surface area contributed by atoms with Gasteiger partial charge in [0.15, 0.2) is 0 Å². The first-order chi connectivity index (χ1) is 15.5. The van der Waals surface area contributed by atoms with Crippen LogP contribution < -0.4 is 0 Å². The van der Waals surface area contributed by atoms with Gasteiger partial charge in [0, 0.05) is 37.1 Å². The number of rotatable bonds is 4. The molecular formula is C24H25N3O5. The van der Waals surface area contributed by atoms with Crippen LogP contribution >= 0.6 is 0 Å². The van der Waals surface area contributed by atoms with Crippen molar-refractivity contribution in [3.8, 4) is 0 Å². The molecule has 2 saturated heterocycles. The molecule has 2 amide bonds. The first kappa shape index (κ1) is 21.5. The van der Waals surface area contributed by atoms with Crippen LogP contribution in [0.25, 0.3) is 5.76 Å². The van der Waals surface area contributed by atoms with Gasteiger partial charge < -0.3 is 19.6 Å². The van der Waals surface area contributed by atoms with E-state index < -0.39 is 17.7 Å². The Morgan fingerprint density at radius 2 is 1.84 bits per heavy atom. The lowest BCUT2D eigenvalue weighted by Gasteiger charge is -2.38. The highest BCUT2D eigenvalue weighted by atomic mass is 16.6. The number of carbonyl (C=O) groups is 3. The molecule has 1 aromatic carbocycles. The minimum absolute atomic E-state index is 0.0574. The summed E-state index contributed by atoms with van der Waals surface area (Å²) in [6.07, 6.45) is 3.86. The van der Waals surface area contributed by atoms with Gasteiger partial charge in [-0.05, 0) is 31.4 Å². The fraction of sp³-hybridized carbons (Fsp3) is 0.333. The van der Waals surface area contributed by atoms with Crippen molar-refractivity contribution in [2.75, 3.05) is 19.7 Å². The van der Waals surface area contributed by atoms with E-state index in [-0.39, 0.29) is 23.5 Å². The van der Waals surface area contributed by atoms with Crippen molar-refractivity contribution in [3.05, 3.63) is 71.6 Å². The molecule has 8 heteroatoms. The predicted octanol–water partition coefficient (Wildman–Crippen LogP) is 3.12. The summed E-state index contributed by atoms with van der Waals surface area (Å²) < 4.78 is 5.07. The maximum absolute atomic E-state index is 13.2. The smallest absolute Gasteiger partial charge is 0.409 e. The third-order valence-electron chi connectivity index (χ3n) is 5.91. The molecule has 1 N–H and O–H groups in total. The van der Waals surface area contributed by atoms with E-state index in [2.05, 4.69) is 4.98 Å². The van der Waals surface area contributed by atoms with Crippen molar-refractivity contribution in [1.82, 2.24) is 14.8 Å². The number of amides is 2. The lowest BCUT2D eigenvalue weighted by molar-refractivity contribution is -0.142. The van der Waals surface area contributed by atoms with Gasteiger partial charge in [-0.1, -0.05) is 36.4 Å². The van der Waals surface area contributed by atoms with E-state index in [4.69, 9.17) is 4.74 Å². The summed E-state index contributed by atoms with van der Waals surface area (Å²) in [5, 5.41) is 11.0. The Kier molecular flexibility index (Phi) is 6.20. The van der Waals surface area contributed by atoms with Crippen LogP contribution in [-0.4, -0.2) is 63.4 Å². The number of ketones is 1. The molecule has 2 aromatic rings. The number of ether oxygens (including phenoxy) is 1. The summed E-state index contributed by atoms with van der Waals surface area (Å²) in [4.78, 5) is 45.6. The van der Waals surface area contributed by atoms with Gasteiger partial charge in [0.25, 0.3) is 11.7 Å². The summed E-state index contributed by atoms with van der Waals surface area (Å²) in [6.45, 7) is 2.90. The predicted molar refractivity (Wildman–Crippen MR) is 116 cm³/mol. The van der Waals surface area contributed by atoms with Crippen LogP contribution in [-0.2, 0) is 14.3 Å². The zero-order valence-electron chi connectivity index (χ0n) is 17.8. The van der Waals surface area contributed by atoms with Gasteiger partial charge >= 0.3 is 6.09 Å². The molecule has 2 aliphatic rings. The third-order valence-corrected chi connectivity index (χ3v) is 5.91. The highest BCUT2D eigenvalue weighted by Gasteiger charge is 2.49. The van der Waals surface area contributed by atoms with Crippen molar-refractivity contribution < 1.29 is 24.2 Å². The summed E-state index contributed by atoms with van der Waals surface area (Å²) in [7, 11) is 0. The molecule has 8 nitrogen and oxygen atoms in total. The average molecular weight is 435 g/mol. The van der Waals surface area contributed by atoms with Gasteiger partial charge in [0.2, 0.25) is 0 Å². The van der Waals surface area contributed by atoms with E-state index >= 15 is 0 Å². The van der Waals surface area contributed by atoms with E-state index in [1.807, 2.05) is 6.07 Å². The molecule has 0 bridgehead atoms. The van der Waals surface area contributed by atoms with Gasteiger partial charge in [0.05, 0.1) is 18.2 Å². The van der Waals surface area contributed by atoms with Crippen LogP contribution in [0.3, 0.4) is 0 Å². The van der Waals surface area contributed by atoms with Gasteiger partial charge in [-0.25, -0.2) is 4.79 Å². The maximum Gasteiger partial charge on any atom is 0.409 e. The fourth-order valence-electron chi connectivity index (χ4n) is 4.38. The molecule has 2 fully saturated rings. The number of aliphatic hydroxyl groups is 1. The molecule has 3 heterocycles. The van der Waals surface area contributed by atoms with Crippen LogP contribution in [0, 0.1) is 0 Å². The van der Waals surface area contributed by atoms with Crippen molar-refractivity contribution in [3.63, 3.8) is 0 Å². The lowest BCUT2D eigenvalue weighted by Crippen LogP contribution is -2.48. The molecule has 166 valence electrons. The number of Topliss-reactive ketones (excluding diaryl/α,β-unsaturated/α-hetero) is 1. The summed E-state index contributed by atoms with van der Waals surface area (Å²) >= 11 is 0. The molecule has 0 aliphatic carbocycles. The molecule has 2 aliphatic heterocycles. The quantitative estimate of drug-likeness (QED) is 0.450.